The predicted molar refractivity (Wildman–Crippen MR) is 134 cm³/mol. The Hall–Kier alpha value is -3.77. The van der Waals surface area contributed by atoms with Gasteiger partial charge in [0.25, 0.3) is 5.91 Å². The number of nitrogens with one attached hydrogen (secondary N) is 1. The van der Waals surface area contributed by atoms with Crippen molar-refractivity contribution < 1.29 is 14.3 Å². The number of carbonyl (C=O) groups is 1. The quantitative estimate of drug-likeness (QED) is 0.309. The number of aryl methyl sites for hydroxylation is 2. The van der Waals surface area contributed by atoms with Gasteiger partial charge < -0.3 is 14.8 Å². The van der Waals surface area contributed by atoms with Crippen LogP contribution < -0.4 is 14.8 Å². The number of rotatable bonds is 9. The summed E-state index contributed by atoms with van der Waals surface area (Å²) in [6.07, 6.45) is 4.31. The fourth-order valence-corrected chi connectivity index (χ4v) is 3.41. The average molecular weight is 476 g/mol. The van der Waals surface area contributed by atoms with Gasteiger partial charge >= 0.3 is 0 Å². The van der Waals surface area contributed by atoms with Gasteiger partial charge in [0.1, 0.15) is 18.1 Å². The molecule has 6 nitrogen and oxygen atoms in total. The van der Waals surface area contributed by atoms with Crippen LogP contribution in [0.4, 0.5) is 5.69 Å². The number of anilines is 1. The van der Waals surface area contributed by atoms with Crippen LogP contribution in [0.15, 0.2) is 79.1 Å². The average Bonchev–Trinajstić information content (AvgIpc) is 3.31. The fraction of sp³-hybridized carbons (Fsp3) is 0.185. The van der Waals surface area contributed by atoms with Crippen LogP contribution in [0.5, 0.6) is 11.5 Å². The zero-order chi connectivity index (χ0) is 23.9. The second-order valence-electron chi connectivity index (χ2n) is 7.89. The highest BCUT2D eigenvalue weighted by Crippen LogP contribution is 2.22. The van der Waals surface area contributed by atoms with Gasteiger partial charge in [0, 0.05) is 10.6 Å². The minimum atomic E-state index is -0.212. The van der Waals surface area contributed by atoms with Crippen LogP contribution in [-0.4, -0.2) is 15.7 Å². The molecule has 0 saturated heterocycles. The highest BCUT2D eigenvalue weighted by molar-refractivity contribution is 6.31. The number of carbonyl (C=O) groups excluding carboxylic acids is 1. The number of amides is 1. The Labute approximate surface area is 204 Å². The molecular formula is C27H26ClN3O3. The molecule has 0 radical (unpaired) electrons. The van der Waals surface area contributed by atoms with E-state index in [4.69, 9.17) is 21.1 Å². The maximum atomic E-state index is 12.6. The Balaban J connectivity index is 1.27. The lowest BCUT2D eigenvalue weighted by Gasteiger charge is -2.09. The van der Waals surface area contributed by atoms with Gasteiger partial charge in [-0.25, -0.2) is 4.68 Å². The van der Waals surface area contributed by atoms with Crippen molar-refractivity contribution in [3.63, 3.8) is 0 Å². The van der Waals surface area contributed by atoms with E-state index in [1.54, 1.807) is 29.2 Å². The van der Waals surface area contributed by atoms with Gasteiger partial charge in [-0.15, -0.1) is 0 Å². The lowest BCUT2D eigenvalue weighted by atomic mass is 10.1. The smallest absolute Gasteiger partial charge is 0.255 e. The van der Waals surface area contributed by atoms with Crippen molar-refractivity contribution in [1.29, 1.82) is 0 Å². The summed E-state index contributed by atoms with van der Waals surface area (Å²) >= 11 is 6.05. The molecule has 1 aromatic heterocycles. The van der Waals surface area contributed by atoms with E-state index in [0.29, 0.717) is 22.9 Å². The van der Waals surface area contributed by atoms with Gasteiger partial charge in [-0.1, -0.05) is 42.8 Å². The third-order valence-electron chi connectivity index (χ3n) is 5.34. The van der Waals surface area contributed by atoms with Crippen molar-refractivity contribution >= 4 is 23.2 Å². The lowest BCUT2D eigenvalue weighted by molar-refractivity contribution is 0.102. The Kier molecular flexibility index (Phi) is 7.50. The number of aromatic nitrogens is 2. The molecule has 174 valence electrons. The minimum Gasteiger partial charge on any atom is -0.489 e. The maximum Gasteiger partial charge on any atom is 0.255 e. The summed E-state index contributed by atoms with van der Waals surface area (Å²) in [5.74, 6) is 1.31. The molecule has 0 bridgehead atoms. The molecule has 0 unspecified atom stereocenters. The second kappa shape index (κ2) is 10.9. The predicted octanol–water partition coefficient (Wildman–Crippen LogP) is 6.28. The Morgan fingerprint density at radius 3 is 2.38 bits per heavy atom. The molecule has 0 aliphatic carbocycles. The largest absolute Gasteiger partial charge is 0.489 e. The summed E-state index contributed by atoms with van der Waals surface area (Å²) in [5, 5.41) is 7.81. The summed E-state index contributed by atoms with van der Waals surface area (Å²) in [5.41, 5.74) is 4.33. The molecule has 34 heavy (non-hydrogen) atoms. The molecule has 4 aromatic rings. The SMILES string of the molecule is CCc1ccc(OCn2cc(NC(=O)c3ccc(COc4ccc(Cl)c(C)c4)cc3)cn2)cc1. The first-order valence-corrected chi connectivity index (χ1v) is 11.4. The number of nitrogens with zero attached hydrogens (tertiary/aromatic N) is 2. The first-order valence-electron chi connectivity index (χ1n) is 11.0. The van der Waals surface area contributed by atoms with E-state index < -0.39 is 0 Å². The zero-order valence-electron chi connectivity index (χ0n) is 19.1. The molecule has 1 amide bonds. The highest BCUT2D eigenvalue weighted by atomic mass is 35.5. The first kappa shape index (κ1) is 23.4. The number of benzene rings is 3. The molecule has 0 atom stereocenters. The second-order valence-corrected chi connectivity index (χ2v) is 8.30. The third kappa shape index (κ3) is 6.17. The molecular weight excluding hydrogens is 450 g/mol. The van der Waals surface area contributed by atoms with E-state index >= 15 is 0 Å². The summed E-state index contributed by atoms with van der Waals surface area (Å²) in [6.45, 7) is 4.70. The molecule has 0 saturated carbocycles. The van der Waals surface area contributed by atoms with Crippen LogP contribution >= 0.6 is 11.6 Å². The van der Waals surface area contributed by atoms with Gasteiger partial charge in [-0.2, -0.15) is 5.10 Å². The van der Waals surface area contributed by atoms with Gasteiger partial charge in [-0.3, -0.25) is 4.79 Å². The van der Waals surface area contributed by atoms with E-state index in [1.165, 1.54) is 5.56 Å². The first-order chi connectivity index (χ1) is 16.5. The van der Waals surface area contributed by atoms with Crippen LogP contribution in [0, 0.1) is 6.92 Å². The highest BCUT2D eigenvalue weighted by Gasteiger charge is 2.09. The van der Waals surface area contributed by atoms with Crippen molar-refractivity contribution in [2.24, 2.45) is 0 Å². The number of ether oxygens (including phenoxy) is 2. The minimum absolute atomic E-state index is 0.212. The van der Waals surface area contributed by atoms with Gasteiger partial charge in [0.05, 0.1) is 18.1 Å². The molecule has 1 heterocycles. The summed E-state index contributed by atoms with van der Waals surface area (Å²) in [6, 6.07) is 20.8. The van der Waals surface area contributed by atoms with E-state index in [1.807, 2.05) is 61.5 Å². The molecule has 3 aromatic carbocycles. The van der Waals surface area contributed by atoms with Gasteiger partial charge in [-0.05, 0) is 72.5 Å². The third-order valence-corrected chi connectivity index (χ3v) is 5.76. The normalized spacial score (nSPS) is 10.7. The topological polar surface area (TPSA) is 65.4 Å². The van der Waals surface area contributed by atoms with E-state index in [2.05, 4.69) is 17.3 Å². The van der Waals surface area contributed by atoms with Crippen molar-refractivity contribution in [2.45, 2.75) is 33.6 Å². The summed E-state index contributed by atoms with van der Waals surface area (Å²) in [7, 11) is 0. The van der Waals surface area contributed by atoms with Crippen LogP contribution in [0.2, 0.25) is 5.02 Å². The maximum absolute atomic E-state index is 12.6. The molecule has 0 aliphatic heterocycles. The van der Waals surface area contributed by atoms with Crippen molar-refractivity contribution in [1.82, 2.24) is 9.78 Å². The van der Waals surface area contributed by atoms with Crippen molar-refractivity contribution in [2.75, 3.05) is 5.32 Å². The molecule has 4 rings (SSSR count). The number of hydrogen-bond acceptors (Lipinski definition) is 4. The monoisotopic (exact) mass is 475 g/mol. The van der Waals surface area contributed by atoms with Crippen molar-refractivity contribution in [3.05, 3.63) is 106 Å². The number of halogens is 1. The van der Waals surface area contributed by atoms with E-state index in [0.717, 1.165) is 29.0 Å². The standard InChI is InChI=1S/C27H26ClN3O3/c1-3-20-6-10-24(11-7-20)34-18-31-16-23(15-29-31)30-27(32)22-8-4-21(5-9-22)17-33-25-12-13-26(28)19(2)14-25/h4-16H,3,17-18H2,1-2H3,(H,30,32). The molecule has 7 heteroatoms. The van der Waals surface area contributed by atoms with Crippen LogP contribution in [-0.2, 0) is 19.8 Å². The zero-order valence-corrected chi connectivity index (χ0v) is 19.9. The van der Waals surface area contributed by atoms with Crippen LogP contribution in [0.1, 0.15) is 34.0 Å². The summed E-state index contributed by atoms with van der Waals surface area (Å²) < 4.78 is 13.2. The molecule has 0 fully saturated rings. The van der Waals surface area contributed by atoms with Gasteiger partial charge in [0.2, 0.25) is 0 Å². The molecule has 1 N–H and O–H groups in total. The summed E-state index contributed by atoms with van der Waals surface area (Å²) in [4.78, 5) is 12.6. The van der Waals surface area contributed by atoms with Crippen LogP contribution in [0.3, 0.4) is 0 Å². The number of hydrogen-bond donors (Lipinski definition) is 1. The van der Waals surface area contributed by atoms with E-state index in [9.17, 15) is 4.79 Å². The van der Waals surface area contributed by atoms with Crippen molar-refractivity contribution in [3.8, 4) is 11.5 Å². The van der Waals surface area contributed by atoms with E-state index in [-0.39, 0.29) is 12.6 Å². The Morgan fingerprint density at radius 1 is 0.971 bits per heavy atom. The molecule has 0 spiro atoms. The Bertz CT molecular complexity index is 1250. The van der Waals surface area contributed by atoms with Crippen LogP contribution in [0.25, 0.3) is 0 Å². The fourth-order valence-electron chi connectivity index (χ4n) is 3.29. The van der Waals surface area contributed by atoms with Gasteiger partial charge in [0.15, 0.2) is 6.73 Å². The molecule has 0 aliphatic rings. The lowest BCUT2D eigenvalue weighted by Crippen LogP contribution is -2.11. The Morgan fingerprint density at radius 2 is 1.68 bits per heavy atom.